The van der Waals surface area contributed by atoms with Crippen molar-refractivity contribution in [3.63, 3.8) is 0 Å². The Balaban J connectivity index is 2.82. The molecule has 60 valence electrons. The van der Waals surface area contributed by atoms with Gasteiger partial charge in [0.2, 0.25) is 0 Å². The molecule has 0 saturated carbocycles. The van der Waals surface area contributed by atoms with Gasteiger partial charge in [0.15, 0.2) is 11.3 Å². The van der Waals surface area contributed by atoms with Gasteiger partial charge < -0.3 is 9.52 Å². The topological polar surface area (TPSA) is 76.2 Å². The number of carboxylic acids is 1. The lowest BCUT2D eigenvalue weighted by Crippen LogP contribution is -2.01. The summed E-state index contributed by atoms with van der Waals surface area (Å²) in [5, 5.41) is 16.1. The molecule has 0 fully saturated rings. The molecule has 2 heterocycles. The zero-order chi connectivity index (χ0) is 8.55. The van der Waals surface area contributed by atoms with Crippen molar-refractivity contribution >= 4 is 16.9 Å². The second kappa shape index (κ2) is 2.30. The molecule has 2 aromatic rings. The zero-order valence-electron chi connectivity index (χ0n) is 5.89. The minimum absolute atomic E-state index is 0.0822. The number of nitrogens with zero attached hydrogens (tertiary/aromatic N) is 2. The maximum atomic E-state index is 10.6. The van der Waals surface area contributed by atoms with Crippen molar-refractivity contribution < 1.29 is 14.3 Å². The average molecular weight is 164 g/mol. The third-order valence-electron chi connectivity index (χ3n) is 1.49. The van der Waals surface area contributed by atoms with Gasteiger partial charge >= 0.3 is 5.97 Å². The Labute approximate surface area is 66.6 Å². The van der Waals surface area contributed by atoms with Crippen LogP contribution in [0, 0.1) is 0 Å². The van der Waals surface area contributed by atoms with Crippen LogP contribution in [0.3, 0.4) is 0 Å². The lowest BCUT2D eigenvalue weighted by Gasteiger charge is -1.91. The number of furan rings is 1. The van der Waals surface area contributed by atoms with Gasteiger partial charge in [-0.1, -0.05) is 0 Å². The van der Waals surface area contributed by atoms with Gasteiger partial charge in [0.05, 0.1) is 17.8 Å². The third-order valence-corrected chi connectivity index (χ3v) is 1.49. The Bertz CT molecular complexity index is 435. The minimum Gasteiger partial charge on any atom is -0.476 e. The van der Waals surface area contributed by atoms with Crippen LogP contribution in [0.15, 0.2) is 22.9 Å². The summed E-state index contributed by atoms with van der Waals surface area (Å²) in [5.41, 5.74) is 0.351. The highest BCUT2D eigenvalue weighted by Gasteiger charge is 2.11. The Morgan fingerprint density at radius 2 is 2.42 bits per heavy atom. The smallest absolute Gasteiger partial charge is 0.357 e. The molecule has 0 unspecified atom stereocenters. The van der Waals surface area contributed by atoms with E-state index in [1.54, 1.807) is 6.07 Å². The summed E-state index contributed by atoms with van der Waals surface area (Å²) in [6.45, 7) is 0. The van der Waals surface area contributed by atoms with E-state index in [2.05, 4.69) is 10.2 Å². The van der Waals surface area contributed by atoms with Crippen LogP contribution in [-0.4, -0.2) is 21.3 Å². The molecule has 12 heavy (non-hydrogen) atoms. The predicted octanol–water partition coefficient (Wildman–Crippen LogP) is 0.921. The monoisotopic (exact) mass is 164 g/mol. The molecular formula is C7H4N2O3. The molecule has 5 heteroatoms. The van der Waals surface area contributed by atoms with E-state index in [0.29, 0.717) is 11.0 Å². The minimum atomic E-state index is -1.10. The standard InChI is InChI=1S/C7H4N2O3/c10-7(11)6-4-1-2-12-5(4)3-8-9-6/h1-3H,(H,10,11). The first-order valence-corrected chi connectivity index (χ1v) is 3.21. The van der Waals surface area contributed by atoms with Gasteiger partial charge in [0, 0.05) is 0 Å². The van der Waals surface area contributed by atoms with E-state index in [4.69, 9.17) is 9.52 Å². The molecule has 0 aromatic carbocycles. The fourth-order valence-corrected chi connectivity index (χ4v) is 0.967. The Kier molecular flexibility index (Phi) is 1.30. The van der Waals surface area contributed by atoms with Crippen LogP contribution in [0.25, 0.3) is 11.0 Å². The molecule has 5 nitrogen and oxygen atoms in total. The second-order valence-electron chi connectivity index (χ2n) is 2.20. The summed E-state index contributed by atoms with van der Waals surface area (Å²) in [4.78, 5) is 10.6. The van der Waals surface area contributed by atoms with E-state index in [-0.39, 0.29) is 5.69 Å². The number of hydrogen-bond donors (Lipinski definition) is 1. The summed E-state index contributed by atoms with van der Waals surface area (Å²) in [7, 11) is 0. The Morgan fingerprint density at radius 1 is 1.58 bits per heavy atom. The quantitative estimate of drug-likeness (QED) is 0.678. The Morgan fingerprint density at radius 3 is 3.17 bits per heavy atom. The van der Waals surface area contributed by atoms with E-state index >= 15 is 0 Å². The molecule has 0 atom stereocenters. The van der Waals surface area contributed by atoms with E-state index in [9.17, 15) is 4.79 Å². The molecule has 0 bridgehead atoms. The van der Waals surface area contributed by atoms with Crippen LogP contribution in [0.1, 0.15) is 10.5 Å². The van der Waals surface area contributed by atoms with Crippen molar-refractivity contribution in [1.29, 1.82) is 0 Å². The van der Waals surface area contributed by atoms with E-state index in [1.807, 2.05) is 0 Å². The van der Waals surface area contributed by atoms with Crippen molar-refractivity contribution in [3.05, 3.63) is 24.2 Å². The fraction of sp³-hybridized carbons (Fsp3) is 0. The first-order valence-electron chi connectivity index (χ1n) is 3.21. The van der Waals surface area contributed by atoms with Crippen molar-refractivity contribution in [1.82, 2.24) is 10.2 Å². The van der Waals surface area contributed by atoms with Crippen LogP contribution in [-0.2, 0) is 0 Å². The third kappa shape index (κ3) is 0.833. The first-order chi connectivity index (χ1) is 5.79. The van der Waals surface area contributed by atoms with E-state index in [0.717, 1.165) is 0 Å². The average Bonchev–Trinajstić information content (AvgIpc) is 2.49. The van der Waals surface area contributed by atoms with E-state index < -0.39 is 5.97 Å². The van der Waals surface area contributed by atoms with Crippen LogP contribution < -0.4 is 0 Å². The highest BCUT2D eigenvalue weighted by molar-refractivity contribution is 5.99. The molecule has 0 spiro atoms. The number of fused-ring (bicyclic) bond motifs is 1. The van der Waals surface area contributed by atoms with Gasteiger partial charge in [-0.05, 0) is 6.07 Å². The highest BCUT2D eigenvalue weighted by atomic mass is 16.4. The summed E-state index contributed by atoms with van der Waals surface area (Å²) in [6, 6.07) is 1.55. The number of carboxylic acid groups (broad SMARTS) is 1. The number of hydrogen-bond acceptors (Lipinski definition) is 4. The molecule has 1 N–H and O–H groups in total. The van der Waals surface area contributed by atoms with Crippen LogP contribution in [0.2, 0.25) is 0 Å². The van der Waals surface area contributed by atoms with Gasteiger partial charge in [-0.15, -0.1) is 5.10 Å². The molecule has 0 aliphatic rings. The van der Waals surface area contributed by atoms with Crippen molar-refractivity contribution in [2.24, 2.45) is 0 Å². The summed E-state index contributed by atoms with van der Waals surface area (Å²) >= 11 is 0. The molecular weight excluding hydrogens is 160 g/mol. The highest BCUT2D eigenvalue weighted by Crippen LogP contribution is 2.15. The molecule has 0 aliphatic heterocycles. The van der Waals surface area contributed by atoms with Gasteiger partial charge in [-0.25, -0.2) is 4.79 Å². The Hall–Kier alpha value is -1.91. The van der Waals surface area contributed by atoms with Gasteiger partial charge in [0.1, 0.15) is 0 Å². The molecule has 0 radical (unpaired) electrons. The van der Waals surface area contributed by atoms with Gasteiger partial charge in [-0.3, -0.25) is 0 Å². The predicted molar refractivity (Wildman–Crippen MR) is 38.8 cm³/mol. The summed E-state index contributed by atoms with van der Waals surface area (Å²) in [5.74, 6) is -1.10. The zero-order valence-corrected chi connectivity index (χ0v) is 5.89. The molecule has 0 saturated heterocycles. The first kappa shape index (κ1) is 6.78. The normalized spacial score (nSPS) is 10.3. The van der Waals surface area contributed by atoms with Gasteiger partial charge in [0.25, 0.3) is 0 Å². The van der Waals surface area contributed by atoms with E-state index in [1.165, 1.54) is 12.5 Å². The SMILES string of the molecule is O=C(O)c1nncc2occc12. The van der Waals surface area contributed by atoms with Crippen molar-refractivity contribution in [2.75, 3.05) is 0 Å². The number of rotatable bonds is 1. The maximum Gasteiger partial charge on any atom is 0.357 e. The van der Waals surface area contributed by atoms with Crippen LogP contribution >= 0.6 is 0 Å². The summed E-state index contributed by atoms with van der Waals surface area (Å²) in [6.07, 6.45) is 2.78. The molecule has 0 amide bonds. The van der Waals surface area contributed by atoms with Crippen molar-refractivity contribution in [3.8, 4) is 0 Å². The lowest BCUT2D eigenvalue weighted by atomic mass is 10.3. The van der Waals surface area contributed by atoms with Crippen molar-refractivity contribution in [2.45, 2.75) is 0 Å². The van der Waals surface area contributed by atoms with Crippen LogP contribution in [0.4, 0.5) is 0 Å². The number of aromatic carboxylic acids is 1. The van der Waals surface area contributed by atoms with Gasteiger partial charge in [-0.2, -0.15) is 5.10 Å². The number of aromatic nitrogens is 2. The fourth-order valence-electron chi connectivity index (χ4n) is 0.967. The lowest BCUT2D eigenvalue weighted by molar-refractivity contribution is 0.0691. The maximum absolute atomic E-state index is 10.6. The molecule has 0 aliphatic carbocycles. The summed E-state index contributed by atoms with van der Waals surface area (Å²) < 4.78 is 4.94. The number of carbonyl (C=O) groups is 1. The largest absolute Gasteiger partial charge is 0.476 e. The molecule has 2 rings (SSSR count). The molecule has 2 aromatic heterocycles. The van der Waals surface area contributed by atoms with Crippen LogP contribution in [0.5, 0.6) is 0 Å². The second-order valence-corrected chi connectivity index (χ2v) is 2.20.